The van der Waals surface area contributed by atoms with Gasteiger partial charge in [0.2, 0.25) is 5.89 Å². The maximum absolute atomic E-state index is 13.0. The maximum Gasteiger partial charge on any atom is 0.270 e. The number of nitrogens with zero attached hydrogens (tertiary/aromatic N) is 4. The lowest BCUT2D eigenvalue weighted by Gasteiger charge is -2.22. The second-order valence-electron chi connectivity index (χ2n) is 9.92. The third-order valence-corrected chi connectivity index (χ3v) is 9.52. The summed E-state index contributed by atoms with van der Waals surface area (Å²) in [5.41, 5.74) is 9.48. The summed E-state index contributed by atoms with van der Waals surface area (Å²) in [6.07, 6.45) is 3.56. The summed E-state index contributed by atoms with van der Waals surface area (Å²) in [5, 5.41) is 11.4. The minimum absolute atomic E-state index is 0.146. The van der Waals surface area contributed by atoms with Crippen molar-refractivity contribution in [1.82, 2.24) is 25.5 Å². The monoisotopic (exact) mass is 562 g/mol. The van der Waals surface area contributed by atoms with Crippen LogP contribution < -0.4 is 11.1 Å². The molecular formula is C28H30N6O5S. The van der Waals surface area contributed by atoms with E-state index in [4.69, 9.17) is 19.6 Å². The highest BCUT2D eigenvalue weighted by Gasteiger charge is 2.29. The van der Waals surface area contributed by atoms with Crippen LogP contribution >= 0.6 is 0 Å². The van der Waals surface area contributed by atoms with Crippen LogP contribution in [0.3, 0.4) is 0 Å². The van der Waals surface area contributed by atoms with E-state index in [1.54, 1.807) is 24.3 Å². The van der Waals surface area contributed by atoms with Gasteiger partial charge in [-0.2, -0.15) is 0 Å². The molecule has 4 heterocycles. The molecule has 208 valence electrons. The van der Waals surface area contributed by atoms with E-state index in [1.807, 2.05) is 24.3 Å². The molecule has 0 bridgehead atoms. The van der Waals surface area contributed by atoms with Gasteiger partial charge in [-0.1, -0.05) is 24.3 Å². The normalized spacial score (nSPS) is 18.2. The van der Waals surface area contributed by atoms with E-state index in [2.05, 4.69) is 25.5 Å². The molecule has 1 atom stereocenters. The minimum atomic E-state index is -3.43. The van der Waals surface area contributed by atoms with Crippen molar-refractivity contribution < 1.29 is 22.3 Å². The molecule has 3 N–H and O–H groups in total. The zero-order valence-electron chi connectivity index (χ0n) is 21.8. The summed E-state index contributed by atoms with van der Waals surface area (Å²) in [6.45, 7) is 3.23. The van der Waals surface area contributed by atoms with Crippen molar-refractivity contribution in [3.05, 3.63) is 60.3 Å². The number of nitrogen functional groups attached to an aromatic ring is 1. The standard InChI is InChI=1S/C28H30N6O5S/c29-26-25(28-34-33-27(39-28)20-3-1-18(2-4-20)15-30-21-9-12-38-17-21)32-24(16-31-26)19-5-7-22(8-6-19)40(35,36)23-10-13-37-14-11-23/h1-8,16,21,23,30H,9-15,17H2,(H2,29,31)/t21-/m0/s1. The Morgan fingerprint density at radius 3 is 2.30 bits per heavy atom. The molecule has 11 nitrogen and oxygen atoms in total. The quantitative estimate of drug-likeness (QED) is 0.325. The fraction of sp³-hybridized carbons (Fsp3) is 0.357. The first-order valence-electron chi connectivity index (χ1n) is 13.3. The molecule has 0 aliphatic carbocycles. The molecule has 0 radical (unpaired) electrons. The lowest BCUT2D eigenvalue weighted by molar-refractivity contribution is 0.0983. The van der Waals surface area contributed by atoms with Gasteiger partial charge < -0.3 is 24.9 Å². The number of sulfone groups is 1. The van der Waals surface area contributed by atoms with Crippen LogP contribution in [0.15, 0.2) is 64.0 Å². The number of hydrogen-bond acceptors (Lipinski definition) is 11. The Morgan fingerprint density at radius 2 is 1.57 bits per heavy atom. The van der Waals surface area contributed by atoms with Gasteiger partial charge >= 0.3 is 0 Å². The highest BCUT2D eigenvalue weighted by atomic mass is 32.2. The number of rotatable bonds is 8. The number of nitrogens with one attached hydrogen (secondary N) is 1. The molecule has 2 aromatic heterocycles. The first kappa shape index (κ1) is 26.5. The Kier molecular flexibility index (Phi) is 7.57. The average Bonchev–Trinajstić information content (AvgIpc) is 3.70. The van der Waals surface area contributed by atoms with Gasteiger partial charge in [-0.05, 0) is 49.1 Å². The van der Waals surface area contributed by atoms with Gasteiger partial charge in [0.1, 0.15) is 0 Å². The molecule has 0 amide bonds. The van der Waals surface area contributed by atoms with Crippen LogP contribution in [0.4, 0.5) is 5.82 Å². The average molecular weight is 563 g/mol. The summed E-state index contributed by atoms with van der Waals surface area (Å²) in [7, 11) is -3.43. The molecule has 2 fully saturated rings. The summed E-state index contributed by atoms with van der Waals surface area (Å²) in [4.78, 5) is 9.15. The zero-order valence-corrected chi connectivity index (χ0v) is 22.6. The summed E-state index contributed by atoms with van der Waals surface area (Å²) in [5.74, 6) is 0.635. The SMILES string of the molecule is Nc1ncc(-c2ccc(S(=O)(=O)C3CCOCC3)cc2)nc1-c1nnc(-c2ccc(CN[C@H]3CCOC3)cc2)o1. The number of hydrogen-bond donors (Lipinski definition) is 2. The Labute approximate surface area is 232 Å². The summed E-state index contributed by atoms with van der Waals surface area (Å²) in [6, 6.07) is 14.9. The van der Waals surface area contributed by atoms with E-state index < -0.39 is 15.1 Å². The van der Waals surface area contributed by atoms with Crippen molar-refractivity contribution in [2.45, 2.75) is 42.0 Å². The van der Waals surface area contributed by atoms with Gasteiger partial charge in [-0.3, -0.25) is 0 Å². The number of ether oxygens (including phenoxy) is 2. The smallest absolute Gasteiger partial charge is 0.270 e. The minimum Gasteiger partial charge on any atom is -0.414 e. The third kappa shape index (κ3) is 5.61. The number of anilines is 1. The van der Waals surface area contributed by atoms with Gasteiger partial charge in [0, 0.05) is 43.5 Å². The van der Waals surface area contributed by atoms with Crippen LogP contribution in [0.1, 0.15) is 24.8 Å². The van der Waals surface area contributed by atoms with E-state index >= 15 is 0 Å². The van der Waals surface area contributed by atoms with Crippen molar-refractivity contribution in [1.29, 1.82) is 0 Å². The fourth-order valence-electron chi connectivity index (χ4n) is 4.85. The maximum atomic E-state index is 13.0. The number of nitrogens with two attached hydrogens (primary N) is 1. The molecule has 0 spiro atoms. The van der Waals surface area contributed by atoms with E-state index in [9.17, 15) is 8.42 Å². The number of aromatic nitrogens is 4. The van der Waals surface area contributed by atoms with Crippen molar-refractivity contribution >= 4 is 15.7 Å². The third-order valence-electron chi connectivity index (χ3n) is 7.24. The van der Waals surface area contributed by atoms with Crippen molar-refractivity contribution in [2.75, 3.05) is 32.2 Å². The van der Waals surface area contributed by atoms with Crippen molar-refractivity contribution in [3.63, 3.8) is 0 Å². The molecule has 2 saturated heterocycles. The highest BCUT2D eigenvalue weighted by Crippen LogP contribution is 2.30. The highest BCUT2D eigenvalue weighted by molar-refractivity contribution is 7.92. The molecule has 2 aliphatic rings. The molecule has 6 rings (SSSR count). The summed E-state index contributed by atoms with van der Waals surface area (Å²) < 4.78 is 42.6. The van der Waals surface area contributed by atoms with Crippen LogP contribution in [0.2, 0.25) is 0 Å². The molecule has 2 aromatic carbocycles. The van der Waals surface area contributed by atoms with E-state index in [1.165, 1.54) is 6.20 Å². The predicted octanol–water partition coefficient (Wildman–Crippen LogP) is 3.27. The van der Waals surface area contributed by atoms with Crippen LogP contribution in [0, 0.1) is 0 Å². The molecule has 40 heavy (non-hydrogen) atoms. The number of benzene rings is 2. The van der Waals surface area contributed by atoms with E-state index in [-0.39, 0.29) is 22.3 Å². The second kappa shape index (κ2) is 11.4. The Hall–Kier alpha value is -3.71. The lowest BCUT2D eigenvalue weighted by atomic mass is 10.1. The van der Waals surface area contributed by atoms with Crippen LogP contribution in [-0.4, -0.2) is 66.3 Å². The Bertz CT molecular complexity index is 1560. The van der Waals surface area contributed by atoms with Gasteiger partial charge in [0.25, 0.3) is 5.89 Å². The van der Waals surface area contributed by atoms with Crippen molar-refractivity contribution in [2.24, 2.45) is 0 Å². The predicted molar refractivity (Wildman–Crippen MR) is 148 cm³/mol. The van der Waals surface area contributed by atoms with Crippen LogP contribution in [0.25, 0.3) is 34.3 Å². The van der Waals surface area contributed by atoms with Crippen LogP contribution in [0.5, 0.6) is 0 Å². The second-order valence-corrected chi connectivity index (χ2v) is 12.1. The molecule has 0 unspecified atom stereocenters. The first-order valence-corrected chi connectivity index (χ1v) is 14.8. The van der Waals surface area contributed by atoms with Gasteiger partial charge in [-0.25, -0.2) is 18.4 Å². The topological polar surface area (TPSA) is 155 Å². The molecular weight excluding hydrogens is 532 g/mol. The van der Waals surface area contributed by atoms with E-state index in [0.29, 0.717) is 49.2 Å². The van der Waals surface area contributed by atoms with E-state index in [0.717, 1.165) is 37.3 Å². The Morgan fingerprint density at radius 1 is 0.875 bits per heavy atom. The van der Waals surface area contributed by atoms with Crippen LogP contribution in [-0.2, 0) is 25.9 Å². The van der Waals surface area contributed by atoms with Gasteiger partial charge in [0.05, 0.1) is 28.6 Å². The van der Waals surface area contributed by atoms with Gasteiger partial charge in [0.15, 0.2) is 21.3 Å². The molecule has 12 heteroatoms. The van der Waals surface area contributed by atoms with Crippen molar-refractivity contribution in [3.8, 4) is 34.3 Å². The first-order chi connectivity index (χ1) is 19.5. The van der Waals surface area contributed by atoms with Gasteiger partial charge in [-0.15, -0.1) is 10.2 Å². The largest absolute Gasteiger partial charge is 0.414 e. The molecule has 4 aromatic rings. The molecule has 0 saturated carbocycles. The fourth-order valence-corrected chi connectivity index (χ4v) is 6.56. The summed E-state index contributed by atoms with van der Waals surface area (Å²) >= 11 is 0. The lowest BCUT2D eigenvalue weighted by Crippen LogP contribution is -2.28. The zero-order chi connectivity index (χ0) is 27.5. The Balaban J connectivity index is 1.18. The molecule has 2 aliphatic heterocycles.